The maximum Gasteiger partial charge on any atom is 0.326 e. The molecule has 1 fully saturated rings. The summed E-state index contributed by atoms with van der Waals surface area (Å²) >= 11 is 0. The molecule has 1 N–H and O–H groups in total. The fourth-order valence-electron chi connectivity index (χ4n) is 2.84. The standard InChI is InChI=1S/C17H20FN5O2/c1-22-10-15(24)23(17(22)25)8-4-2-3-7-19-16-13-6-5-12(18)9-14(13)20-11-21-16/h5-6,9,11H,2-4,7-8,10H2,1H3,(H,19,20,21). The Morgan fingerprint density at radius 2 is 2.04 bits per heavy atom. The molecule has 0 bridgehead atoms. The van der Waals surface area contributed by atoms with E-state index in [1.165, 1.54) is 28.3 Å². The number of nitrogens with zero attached hydrogens (tertiary/aromatic N) is 4. The summed E-state index contributed by atoms with van der Waals surface area (Å²) in [5.41, 5.74) is 0.563. The molecule has 2 aromatic rings. The minimum absolute atomic E-state index is 0.134. The number of hydrogen-bond donors (Lipinski definition) is 1. The molecule has 25 heavy (non-hydrogen) atoms. The lowest BCUT2D eigenvalue weighted by molar-refractivity contribution is -0.125. The largest absolute Gasteiger partial charge is 0.369 e. The highest BCUT2D eigenvalue weighted by atomic mass is 19.1. The number of nitrogens with one attached hydrogen (secondary N) is 1. The van der Waals surface area contributed by atoms with Crippen LogP contribution in [0.15, 0.2) is 24.5 Å². The molecular weight excluding hydrogens is 325 g/mol. The van der Waals surface area contributed by atoms with Gasteiger partial charge in [-0.1, -0.05) is 0 Å². The number of unbranched alkanes of at least 4 members (excludes halogenated alkanes) is 2. The van der Waals surface area contributed by atoms with Gasteiger partial charge in [-0.2, -0.15) is 0 Å². The summed E-state index contributed by atoms with van der Waals surface area (Å²) in [5, 5.41) is 4.01. The highest BCUT2D eigenvalue weighted by molar-refractivity contribution is 6.01. The van der Waals surface area contributed by atoms with Gasteiger partial charge in [-0.3, -0.25) is 9.69 Å². The lowest BCUT2D eigenvalue weighted by Gasteiger charge is -2.14. The molecule has 8 heteroatoms. The monoisotopic (exact) mass is 345 g/mol. The third kappa shape index (κ3) is 3.84. The van der Waals surface area contributed by atoms with Crippen LogP contribution in [0, 0.1) is 5.82 Å². The van der Waals surface area contributed by atoms with Crippen molar-refractivity contribution < 1.29 is 14.0 Å². The van der Waals surface area contributed by atoms with E-state index in [9.17, 15) is 14.0 Å². The summed E-state index contributed by atoms with van der Waals surface area (Å²) in [6, 6.07) is 4.21. The molecule has 1 aromatic heterocycles. The summed E-state index contributed by atoms with van der Waals surface area (Å²) in [4.78, 5) is 34.4. The lowest BCUT2D eigenvalue weighted by Crippen LogP contribution is -2.32. The van der Waals surface area contributed by atoms with Crippen LogP contribution in [0.1, 0.15) is 19.3 Å². The summed E-state index contributed by atoms with van der Waals surface area (Å²) < 4.78 is 13.2. The average molecular weight is 345 g/mol. The van der Waals surface area contributed by atoms with Crippen molar-refractivity contribution >= 4 is 28.7 Å². The van der Waals surface area contributed by atoms with Gasteiger partial charge in [0.25, 0.3) is 0 Å². The molecule has 1 aromatic carbocycles. The van der Waals surface area contributed by atoms with E-state index in [2.05, 4.69) is 15.3 Å². The van der Waals surface area contributed by atoms with Crippen LogP contribution in [0.2, 0.25) is 0 Å². The van der Waals surface area contributed by atoms with Crippen LogP contribution in [0.5, 0.6) is 0 Å². The Balaban J connectivity index is 1.44. The fraction of sp³-hybridized carbons (Fsp3) is 0.412. The van der Waals surface area contributed by atoms with Crippen LogP contribution in [0.4, 0.5) is 15.0 Å². The van der Waals surface area contributed by atoms with Gasteiger partial charge in [0.1, 0.15) is 24.5 Å². The predicted molar refractivity (Wildman–Crippen MR) is 91.6 cm³/mol. The van der Waals surface area contributed by atoms with Gasteiger partial charge in [-0.15, -0.1) is 0 Å². The van der Waals surface area contributed by atoms with Crippen LogP contribution >= 0.6 is 0 Å². The van der Waals surface area contributed by atoms with Gasteiger partial charge in [-0.05, 0) is 31.4 Å². The van der Waals surface area contributed by atoms with Gasteiger partial charge in [-0.25, -0.2) is 19.2 Å². The number of imide groups is 1. The SMILES string of the molecule is CN1CC(=O)N(CCCCCNc2ncnc3cc(F)ccc23)C1=O. The molecule has 0 saturated carbocycles. The second-order valence-corrected chi connectivity index (χ2v) is 6.06. The third-order valence-electron chi connectivity index (χ3n) is 4.18. The lowest BCUT2D eigenvalue weighted by atomic mass is 10.2. The Hall–Kier alpha value is -2.77. The second-order valence-electron chi connectivity index (χ2n) is 6.06. The number of fused-ring (bicyclic) bond motifs is 1. The first-order valence-electron chi connectivity index (χ1n) is 8.26. The third-order valence-corrected chi connectivity index (χ3v) is 4.18. The van der Waals surface area contributed by atoms with Crippen molar-refractivity contribution in [3.8, 4) is 0 Å². The predicted octanol–water partition coefficient (Wildman–Crippen LogP) is 2.25. The molecule has 0 aliphatic carbocycles. The van der Waals surface area contributed by atoms with Crippen LogP contribution in [0.25, 0.3) is 10.9 Å². The molecule has 132 valence electrons. The Morgan fingerprint density at radius 3 is 2.80 bits per heavy atom. The first kappa shape index (κ1) is 17.1. The van der Waals surface area contributed by atoms with E-state index >= 15 is 0 Å². The van der Waals surface area contributed by atoms with Crippen molar-refractivity contribution in [1.29, 1.82) is 0 Å². The van der Waals surface area contributed by atoms with E-state index in [1.807, 2.05) is 0 Å². The molecule has 1 aliphatic heterocycles. The molecule has 7 nitrogen and oxygen atoms in total. The van der Waals surface area contributed by atoms with Crippen molar-refractivity contribution in [3.05, 3.63) is 30.3 Å². The number of carbonyl (C=O) groups excluding carboxylic acids is 2. The smallest absolute Gasteiger partial charge is 0.326 e. The molecule has 0 spiro atoms. The van der Waals surface area contributed by atoms with E-state index < -0.39 is 0 Å². The zero-order chi connectivity index (χ0) is 17.8. The van der Waals surface area contributed by atoms with Gasteiger partial charge in [0.2, 0.25) is 5.91 Å². The van der Waals surface area contributed by atoms with Crippen molar-refractivity contribution in [2.45, 2.75) is 19.3 Å². The number of likely N-dealkylation sites (N-methyl/N-ethyl adjacent to an activating group) is 1. The number of halogens is 1. The van der Waals surface area contributed by atoms with Gasteiger partial charge in [0.15, 0.2) is 0 Å². The van der Waals surface area contributed by atoms with E-state index in [0.29, 0.717) is 24.4 Å². The minimum Gasteiger partial charge on any atom is -0.369 e. The van der Waals surface area contributed by atoms with Gasteiger partial charge in [0, 0.05) is 31.6 Å². The second kappa shape index (κ2) is 7.42. The summed E-state index contributed by atoms with van der Waals surface area (Å²) in [5.74, 6) is 0.218. The number of anilines is 1. The molecule has 3 rings (SSSR count). The number of rotatable bonds is 7. The molecule has 0 radical (unpaired) electrons. The highest BCUT2D eigenvalue weighted by Gasteiger charge is 2.32. The Kier molecular flexibility index (Phi) is 5.06. The Bertz CT molecular complexity index is 798. The first-order chi connectivity index (χ1) is 12.1. The molecule has 2 heterocycles. The van der Waals surface area contributed by atoms with Crippen LogP contribution in [-0.2, 0) is 4.79 Å². The zero-order valence-electron chi connectivity index (χ0n) is 14.0. The van der Waals surface area contributed by atoms with Crippen molar-refractivity contribution in [3.63, 3.8) is 0 Å². The topological polar surface area (TPSA) is 78.4 Å². The number of urea groups is 1. The van der Waals surface area contributed by atoms with E-state index in [0.717, 1.165) is 24.6 Å². The average Bonchev–Trinajstić information content (AvgIpc) is 2.83. The minimum atomic E-state index is -0.325. The first-order valence-corrected chi connectivity index (χ1v) is 8.26. The van der Waals surface area contributed by atoms with Crippen molar-refractivity contribution in [2.24, 2.45) is 0 Å². The molecule has 3 amide bonds. The van der Waals surface area contributed by atoms with E-state index in [-0.39, 0.29) is 24.3 Å². The number of hydrogen-bond acceptors (Lipinski definition) is 5. The van der Waals surface area contributed by atoms with Gasteiger partial charge >= 0.3 is 6.03 Å². The van der Waals surface area contributed by atoms with Gasteiger partial charge in [0.05, 0.1) is 5.52 Å². The maximum absolute atomic E-state index is 13.2. The molecule has 0 unspecified atom stereocenters. The molecule has 1 aliphatic rings. The number of carbonyl (C=O) groups is 2. The van der Waals surface area contributed by atoms with Crippen LogP contribution in [-0.4, -0.2) is 58.4 Å². The molecular formula is C17H20FN5O2. The van der Waals surface area contributed by atoms with Gasteiger partial charge < -0.3 is 10.2 Å². The number of benzene rings is 1. The maximum atomic E-state index is 13.2. The van der Waals surface area contributed by atoms with Crippen molar-refractivity contribution in [2.75, 3.05) is 32.0 Å². The quantitative estimate of drug-likeness (QED) is 0.615. The van der Waals surface area contributed by atoms with E-state index in [1.54, 1.807) is 13.1 Å². The Morgan fingerprint density at radius 1 is 1.20 bits per heavy atom. The normalized spacial score (nSPS) is 14.6. The van der Waals surface area contributed by atoms with Crippen LogP contribution in [0.3, 0.4) is 0 Å². The Labute approximate surface area is 144 Å². The molecule has 1 saturated heterocycles. The summed E-state index contributed by atoms with van der Waals surface area (Å²) in [6.07, 6.45) is 3.93. The fourth-order valence-corrected chi connectivity index (χ4v) is 2.84. The number of aromatic nitrogens is 2. The summed E-state index contributed by atoms with van der Waals surface area (Å²) in [7, 11) is 1.63. The van der Waals surface area contributed by atoms with E-state index in [4.69, 9.17) is 0 Å². The zero-order valence-corrected chi connectivity index (χ0v) is 14.0. The summed E-state index contributed by atoms with van der Waals surface area (Å²) in [6.45, 7) is 1.32. The number of amides is 3. The highest BCUT2D eigenvalue weighted by Crippen LogP contribution is 2.20. The van der Waals surface area contributed by atoms with Crippen LogP contribution < -0.4 is 5.32 Å². The van der Waals surface area contributed by atoms with Crippen molar-refractivity contribution in [1.82, 2.24) is 19.8 Å². The molecule has 0 atom stereocenters.